The average Bonchev–Trinajstić information content (AvgIpc) is 2.52. The van der Waals surface area contributed by atoms with E-state index in [1.165, 1.54) is 23.8 Å². The number of benzene rings is 1. The van der Waals surface area contributed by atoms with Gasteiger partial charge >= 0.3 is 6.09 Å². The average molecular weight is 286 g/mol. The van der Waals surface area contributed by atoms with Crippen LogP contribution in [-0.4, -0.2) is 55.7 Å². The number of hydrogen-bond donors (Lipinski definition) is 0. The Morgan fingerprint density at radius 1 is 1.33 bits per heavy atom. The minimum absolute atomic E-state index is 0.232. The second-order valence-corrected chi connectivity index (χ2v) is 5.85. The van der Waals surface area contributed by atoms with Gasteiger partial charge in [-0.25, -0.2) is 4.79 Å². The van der Waals surface area contributed by atoms with Crippen molar-refractivity contribution in [2.75, 3.05) is 33.8 Å². The first-order chi connectivity index (χ1) is 10.2. The van der Waals surface area contributed by atoms with E-state index < -0.39 is 0 Å². The molecule has 0 aromatic heterocycles. The number of carbonyl (C=O) groups excluding carboxylic acids is 1. The first-order valence-electron chi connectivity index (χ1n) is 7.52. The van der Waals surface area contributed by atoms with E-state index in [0.717, 1.165) is 32.5 Å². The SMILES string of the molecule is COC(=O)N(C)C1CCN(CC2=Cc3ccccc32)CC1. The lowest BCUT2D eigenvalue weighted by molar-refractivity contribution is 0.0943. The summed E-state index contributed by atoms with van der Waals surface area (Å²) in [6.07, 6.45) is 4.08. The lowest BCUT2D eigenvalue weighted by atomic mass is 9.88. The number of hydrogen-bond acceptors (Lipinski definition) is 3. The van der Waals surface area contributed by atoms with E-state index in [-0.39, 0.29) is 6.09 Å². The molecule has 4 nitrogen and oxygen atoms in total. The molecule has 1 heterocycles. The summed E-state index contributed by atoms with van der Waals surface area (Å²) in [5.41, 5.74) is 4.18. The van der Waals surface area contributed by atoms with Crippen molar-refractivity contribution in [3.05, 3.63) is 35.4 Å². The molecule has 0 bridgehead atoms. The molecular formula is C17H22N2O2. The summed E-state index contributed by atoms with van der Waals surface area (Å²) in [5.74, 6) is 0. The Labute approximate surface area is 126 Å². The van der Waals surface area contributed by atoms with Crippen molar-refractivity contribution in [3.8, 4) is 0 Å². The van der Waals surface area contributed by atoms with Gasteiger partial charge in [-0.1, -0.05) is 24.3 Å². The Morgan fingerprint density at radius 3 is 2.71 bits per heavy atom. The predicted molar refractivity (Wildman–Crippen MR) is 83.9 cm³/mol. The topological polar surface area (TPSA) is 32.8 Å². The van der Waals surface area contributed by atoms with Gasteiger partial charge in [-0.2, -0.15) is 0 Å². The molecule has 1 fully saturated rings. The Bertz CT molecular complexity index is 560. The summed E-state index contributed by atoms with van der Waals surface area (Å²) >= 11 is 0. The number of likely N-dealkylation sites (tertiary alicyclic amines) is 1. The summed E-state index contributed by atoms with van der Waals surface area (Å²) in [4.78, 5) is 15.8. The van der Waals surface area contributed by atoms with Gasteiger partial charge in [0.25, 0.3) is 0 Å². The van der Waals surface area contributed by atoms with Crippen LogP contribution in [0.1, 0.15) is 24.0 Å². The van der Waals surface area contributed by atoms with Crippen LogP contribution in [-0.2, 0) is 4.74 Å². The van der Waals surface area contributed by atoms with Crippen LogP contribution in [0.25, 0.3) is 11.6 Å². The fourth-order valence-electron chi connectivity index (χ4n) is 3.23. The smallest absolute Gasteiger partial charge is 0.409 e. The molecule has 4 heteroatoms. The number of piperidine rings is 1. The highest BCUT2D eigenvalue weighted by molar-refractivity contribution is 5.96. The number of ether oxygens (including phenoxy) is 1. The standard InChI is InChI=1S/C17H22N2O2/c1-18(17(20)21-2)15-7-9-19(10-8-15)12-14-11-13-5-3-4-6-16(13)14/h3-6,11,15H,7-10,12H2,1-2H3. The molecule has 0 saturated carbocycles. The van der Waals surface area contributed by atoms with Gasteiger partial charge in [0.1, 0.15) is 0 Å². The maximum Gasteiger partial charge on any atom is 0.409 e. The van der Waals surface area contributed by atoms with Crippen molar-refractivity contribution in [2.24, 2.45) is 0 Å². The zero-order chi connectivity index (χ0) is 14.8. The number of rotatable bonds is 3. The van der Waals surface area contributed by atoms with E-state index in [1.807, 2.05) is 7.05 Å². The van der Waals surface area contributed by atoms with E-state index in [4.69, 9.17) is 4.74 Å². The maximum atomic E-state index is 11.5. The normalized spacial score (nSPS) is 18.5. The van der Waals surface area contributed by atoms with Crippen molar-refractivity contribution in [1.29, 1.82) is 0 Å². The minimum Gasteiger partial charge on any atom is -0.453 e. The van der Waals surface area contributed by atoms with Crippen LogP contribution in [0.5, 0.6) is 0 Å². The summed E-state index contributed by atoms with van der Waals surface area (Å²) in [7, 11) is 3.27. The van der Waals surface area contributed by atoms with Gasteiger partial charge < -0.3 is 9.64 Å². The molecule has 0 atom stereocenters. The monoisotopic (exact) mass is 286 g/mol. The van der Waals surface area contributed by atoms with Gasteiger partial charge in [-0.05, 0) is 35.6 Å². The van der Waals surface area contributed by atoms with Gasteiger partial charge in [0.15, 0.2) is 0 Å². The second kappa shape index (κ2) is 5.90. The molecule has 1 aliphatic heterocycles. The quantitative estimate of drug-likeness (QED) is 0.856. The van der Waals surface area contributed by atoms with Crippen LogP contribution < -0.4 is 0 Å². The van der Waals surface area contributed by atoms with Crippen LogP contribution >= 0.6 is 0 Å². The highest BCUT2D eigenvalue weighted by Gasteiger charge is 2.27. The third-order valence-electron chi connectivity index (χ3n) is 4.60. The largest absolute Gasteiger partial charge is 0.453 e. The van der Waals surface area contributed by atoms with E-state index in [1.54, 1.807) is 4.90 Å². The first kappa shape index (κ1) is 14.1. The molecule has 1 saturated heterocycles. The molecule has 21 heavy (non-hydrogen) atoms. The zero-order valence-corrected chi connectivity index (χ0v) is 12.7. The maximum absolute atomic E-state index is 11.5. The van der Waals surface area contributed by atoms with Crippen molar-refractivity contribution in [1.82, 2.24) is 9.80 Å². The van der Waals surface area contributed by atoms with Crippen LogP contribution in [0.4, 0.5) is 4.79 Å². The fraction of sp³-hybridized carbons (Fsp3) is 0.471. The molecular weight excluding hydrogens is 264 g/mol. The van der Waals surface area contributed by atoms with Crippen molar-refractivity contribution in [2.45, 2.75) is 18.9 Å². The van der Waals surface area contributed by atoms with Crippen molar-refractivity contribution in [3.63, 3.8) is 0 Å². The van der Waals surface area contributed by atoms with Gasteiger partial charge in [0.2, 0.25) is 0 Å². The molecule has 0 radical (unpaired) electrons. The predicted octanol–water partition coefficient (Wildman–Crippen LogP) is 2.70. The lowest BCUT2D eigenvalue weighted by Gasteiger charge is -2.37. The number of carbonyl (C=O) groups is 1. The lowest BCUT2D eigenvalue weighted by Crippen LogP contribution is -2.46. The van der Waals surface area contributed by atoms with Gasteiger partial charge in [-0.15, -0.1) is 0 Å². The summed E-state index contributed by atoms with van der Waals surface area (Å²) in [6, 6.07) is 8.85. The van der Waals surface area contributed by atoms with Crippen LogP contribution in [0, 0.1) is 0 Å². The molecule has 1 aromatic rings. The van der Waals surface area contributed by atoms with Crippen LogP contribution in [0.3, 0.4) is 0 Å². The van der Waals surface area contributed by atoms with Gasteiger partial charge in [0, 0.05) is 32.7 Å². The highest BCUT2D eigenvalue weighted by atomic mass is 16.5. The zero-order valence-electron chi connectivity index (χ0n) is 12.7. The Morgan fingerprint density at radius 2 is 2.05 bits per heavy atom. The van der Waals surface area contributed by atoms with Crippen molar-refractivity contribution < 1.29 is 9.53 Å². The molecule has 2 aliphatic rings. The molecule has 1 amide bonds. The van der Waals surface area contributed by atoms with E-state index in [2.05, 4.69) is 35.2 Å². The second-order valence-electron chi connectivity index (χ2n) is 5.85. The number of methoxy groups -OCH3 is 1. The molecule has 0 spiro atoms. The van der Waals surface area contributed by atoms with Crippen LogP contribution in [0.15, 0.2) is 24.3 Å². The van der Waals surface area contributed by atoms with Crippen LogP contribution in [0.2, 0.25) is 0 Å². The third kappa shape index (κ3) is 2.81. The summed E-state index contributed by atoms with van der Waals surface area (Å²) in [6.45, 7) is 3.09. The van der Waals surface area contributed by atoms with E-state index >= 15 is 0 Å². The Hall–Kier alpha value is -1.81. The summed E-state index contributed by atoms with van der Waals surface area (Å²) < 4.78 is 4.79. The molecule has 112 valence electrons. The van der Waals surface area contributed by atoms with E-state index in [0.29, 0.717) is 6.04 Å². The fourth-order valence-corrected chi connectivity index (χ4v) is 3.23. The third-order valence-corrected chi connectivity index (χ3v) is 4.60. The minimum atomic E-state index is -0.232. The molecule has 0 N–H and O–H groups in total. The molecule has 3 rings (SSSR count). The molecule has 1 aliphatic carbocycles. The Balaban J connectivity index is 1.50. The van der Waals surface area contributed by atoms with Gasteiger partial charge in [-0.3, -0.25) is 4.90 Å². The van der Waals surface area contributed by atoms with Crippen molar-refractivity contribution >= 4 is 17.7 Å². The molecule has 1 aromatic carbocycles. The highest BCUT2D eigenvalue weighted by Crippen LogP contribution is 2.33. The Kier molecular flexibility index (Phi) is 3.97. The summed E-state index contributed by atoms with van der Waals surface area (Å²) in [5, 5.41) is 0. The molecule has 0 unspecified atom stereocenters. The van der Waals surface area contributed by atoms with E-state index in [9.17, 15) is 4.79 Å². The number of amides is 1. The number of fused-ring (bicyclic) bond motifs is 1. The number of nitrogens with zero attached hydrogens (tertiary/aromatic N) is 2. The van der Waals surface area contributed by atoms with Gasteiger partial charge in [0.05, 0.1) is 7.11 Å². The first-order valence-corrected chi connectivity index (χ1v) is 7.52.